The molecule has 3 N–H and O–H groups in total. The van der Waals surface area contributed by atoms with E-state index >= 15 is 0 Å². The van der Waals surface area contributed by atoms with E-state index in [1.807, 2.05) is 0 Å². The van der Waals surface area contributed by atoms with Gasteiger partial charge in [-0.1, -0.05) is 6.42 Å². The summed E-state index contributed by atoms with van der Waals surface area (Å²) in [5, 5.41) is 3.57. The fraction of sp³-hybridized carbons (Fsp3) is 0.938. The van der Waals surface area contributed by atoms with E-state index in [4.69, 9.17) is 5.73 Å². The minimum Gasteiger partial charge on any atom is -0.342 e. The summed E-state index contributed by atoms with van der Waals surface area (Å²) in [5.41, 5.74) is 6.27. The second kappa shape index (κ2) is 4.99. The first-order valence-corrected chi connectivity index (χ1v) is 8.50. The molecule has 6 unspecified atom stereocenters. The average molecular weight is 277 g/mol. The zero-order chi connectivity index (χ0) is 13.7. The van der Waals surface area contributed by atoms with Crippen molar-refractivity contribution in [1.82, 2.24) is 10.2 Å². The summed E-state index contributed by atoms with van der Waals surface area (Å²) in [4.78, 5) is 15.0. The molecule has 0 aromatic carbocycles. The Morgan fingerprint density at radius 3 is 2.70 bits per heavy atom. The number of rotatable bonds is 1. The predicted molar refractivity (Wildman–Crippen MR) is 78.0 cm³/mol. The molecule has 1 amide bonds. The van der Waals surface area contributed by atoms with Crippen LogP contribution >= 0.6 is 0 Å². The molecule has 2 aliphatic carbocycles. The molecule has 0 spiro atoms. The first-order chi connectivity index (χ1) is 9.72. The Kier molecular flexibility index (Phi) is 3.26. The molecule has 3 aliphatic heterocycles. The van der Waals surface area contributed by atoms with Gasteiger partial charge >= 0.3 is 0 Å². The van der Waals surface area contributed by atoms with Crippen molar-refractivity contribution in [3.63, 3.8) is 0 Å². The Hall–Kier alpha value is -0.610. The molecule has 2 bridgehead atoms. The molecule has 20 heavy (non-hydrogen) atoms. The maximum atomic E-state index is 12.9. The number of nitrogens with two attached hydrogens (primary N) is 1. The van der Waals surface area contributed by atoms with Crippen molar-refractivity contribution >= 4 is 5.91 Å². The van der Waals surface area contributed by atoms with Gasteiger partial charge in [0.05, 0.1) is 5.92 Å². The SMILES string of the molecule is NC1CCCC2CN(C(=O)C3CC4CCC3NC4)CC12. The van der Waals surface area contributed by atoms with Crippen LogP contribution in [0.2, 0.25) is 0 Å². The molecule has 5 fully saturated rings. The maximum absolute atomic E-state index is 12.9. The van der Waals surface area contributed by atoms with E-state index in [0.717, 1.165) is 38.4 Å². The lowest BCUT2D eigenvalue weighted by Gasteiger charge is -2.43. The van der Waals surface area contributed by atoms with Crippen LogP contribution in [0.1, 0.15) is 38.5 Å². The van der Waals surface area contributed by atoms with Gasteiger partial charge in [-0.05, 0) is 56.4 Å². The lowest BCUT2D eigenvalue weighted by molar-refractivity contribution is -0.138. The van der Waals surface area contributed by atoms with Crippen molar-refractivity contribution in [2.45, 2.75) is 50.6 Å². The first kappa shape index (κ1) is 13.1. The molecular formula is C16H27N3O. The molecule has 0 aromatic heterocycles. The van der Waals surface area contributed by atoms with Crippen LogP contribution in [-0.4, -0.2) is 42.5 Å². The number of likely N-dealkylation sites (tertiary alicyclic amines) is 1. The Morgan fingerprint density at radius 2 is 2.05 bits per heavy atom. The quantitative estimate of drug-likeness (QED) is 0.750. The lowest BCUT2D eigenvalue weighted by atomic mass is 9.73. The van der Waals surface area contributed by atoms with Crippen molar-refractivity contribution < 1.29 is 4.79 Å². The molecule has 4 heteroatoms. The highest BCUT2D eigenvalue weighted by Crippen LogP contribution is 2.39. The zero-order valence-corrected chi connectivity index (χ0v) is 12.3. The minimum atomic E-state index is 0.249. The maximum Gasteiger partial charge on any atom is 0.227 e. The highest BCUT2D eigenvalue weighted by molar-refractivity contribution is 5.80. The summed E-state index contributed by atoms with van der Waals surface area (Å²) in [6.07, 6.45) is 7.31. The number of piperidine rings is 2. The Labute approximate surface area is 121 Å². The van der Waals surface area contributed by atoms with Gasteiger partial charge in [0.1, 0.15) is 0 Å². The number of amides is 1. The number of nitrogens with one attached hydrogen (secondary N) is 1. The van der Waals surface area contributed by atoms with Crippen LogP contribution in [0.15, 0.2) is 0 Å². The normalized spacial score (nSPS) is 47.4. The van der Waals surface area contributed by atoms with Gasteiger partial charge in [-0.15, -0.1) is 0 Å². The molecule has 5 rings (SSSR count). The van der Waals surface area contributed by atoms with Crippen molar-refractivity contribution in [1.29, 1.82) is 0 Å². The molecule has 4 nitrogen and oxygen atoms in total. The monoisotopic (exact) mass is 277 g/mol. The second-order valence-electron chi connectivity index (χ2n) is 7.56. The molecule has 3 heterocycles. The summed E-state index contributed by atoms with van der Waals surface area (Å²) in [6.45, 7) is 3.04. The third-order valence-electron chi connectivity index (χ3n) is 6.41. The van der Waals surface area contributed by atoms with E-state index in [9.17, 15) is 4.79 Å². The van der Waals surface area contributed by atoms with Gasteiger partial charge in [-0.2, -0.15) is 0 Å². The van der Waals surface area contributed by atoms with Gasteiger partial charge in [-0.25, -0.2) is 0 Å². The number of carbonyl (C=O) groups is 1. The molecule has 2 saturated carbocycles. The van der Waals surface area contributed by atoms with E-state index in [1.165, 1.54) is 25.7 Å². The zero-order valence-electron chi connectivity index (χ0n) is 12.3. The smallest absolute Gasteiger partial charge is 0.227 e. The summed E-state index contributed by atoms with van der Waals surface area (Å²) in [5.74, 6) is 2.66. The van der Waals surface area contributed by atoms with Gasteiger partial charge in [-0.3, -0.25) is 4.79 Å². The number of hydrogen-bond donors (Lipinski definition) is 2. The third-order valence-corrected chi connectivity index (χ3v) is 6.41. The Bertz CT molecular complexity index is 391. The van der Waals surface area contributed by atoms with E-state index in [1.54, 1.807) is 0 Å². The number of carbonyl (C=O) groups excluding carboxylic acids is 1. The Morgan fingerprint density at radius 1 is 1.15 bits per heavy atom. The van der Waals surface area contributed by atoms with E-state index < -0.39 is 0 Å². The molecule has 112 valence electrons. The van der Waals surface area contributed by atoms with E-state index in [0.29, 0.717) is 29.8 Å². The van der Waals surface area contributed by atoms with Crippen molar-refractivity contribution in [2.75, 3.05) is 19.6 Å². The van der Waals surface area contributed by atoms with Gasteiger partial charge in [0.15, 0.2) is 0 Å². The van der Waals surface area contributed by atoms with Crippen molar-refractivity contribution in [2.24, 2.45) is 29.4 Å². The van der Waals surface area contributed by atoms with E-state index in [-0.39, 0.29) is 5.92 Å². The molecule has 5 aliphatic rings. The summed E-state index contributed by atoms with van der Waals surface area (Å²) < 4.78 is 0. The van der Waals surface area contributed by atoms with Crippen LogP contribution in [0, 0.1) is 23.7 Å². The van der Waals surface area contributed by atoms with Crippen LogP contribution < -0.4 is 11.1 Å². The average Bonchev–Trinajstić information content (AvgIpc) is 2.93. The second-order valence-corrected chi connectivity index (χ2v) is 7.56. The summed E-state index contributed by atoms with van der Waals surface area (Å²) in [6, 6.07) is 0.774. The van der Waals surface area contributed by atoms with Crippen LogP contribution in [0.25, 0.3) is 0 Å². The van der Waals surface area contributed by atoms with E-state index in [2.05, 4.69) is 10.2 Å². The van der Waals surface area contributed by atoms with Gasteiger partial charge in [0.25, 0.3) is 0 Å². The fourth-order valence-corrected chi connectivity index (χ4v) is 5.21. The molecular weight excluding hydrogens is 250 g/mol. The largest absolute Gasteiger partial charge is 0.342 e. The minimum absolute atomic E-state index is 0.249. The van der Waals surface area contributed by atoms with Crippen LogP contribution in [-0.2, 0) is 4.79 Å². The number of hydrogen-bond acceptors (Lipinski definition) is 3. The standard InChI is InChI=1S/C16H27N3O/c17-14-3-1-2-11-8-19(9-13(11)14)16(20)12-6-10-4-5-15(12)18-7-10/h10-15,18H,1-9,17H2. The topological polar surface area (TPSA) is 58.4 Å². The molecule has 0 radical (unpaired) electrons. The predicted octanol–water partition coefficient (Wildman–Crippen LogP) is 0.960. The number of fused-ring (bicyclic) bond motifs is 4. The molecule has 0 aromatic rings. The Balaban J connectivity index is 1.44. The van der Waals surface area contributed by atoms with Crippen LogP contribution in [0.4, 0.5) is 0 Å². The van der Waals surface area contributed by atoms with Crippen molar-refractivity contribution in [3.8, 4) is 0 Å². The molecule has 6 atom stereocenters. The van der Waals surface area contributed by atoms with Gasteiger partial charge < -0.3 is 16.0 Å². The molecule has 3 saturated heterocycles. The first-order valence-electron chi connectivity index (χ1n) is 8.50. The van der Waals surface area contributed by atoms with Crippen molar-refractivity contribution in [3.05, 3.63) is 0 Å². The highest BCUT2D eigenvalue weighted by atomic mass is 16.2. The van der Waals surface area contributed by atoms with Crippen LogP contribution in [0.3, 0.4) is 0 Å². The number of nitrogens with zero attached hydrogens (tertiary/aromatic N) is 1. The third kappa shape index (κ3) is 2.08. The summed E-state index contributed by atoms with van der Waals surface area (Å²) in [7, 11) is 0. The summed E-state index contributed by atoms with van der Waals surface area (Å²) >= 11 is 0. The van der Waals surface area contributed by atoms with Gasteiger partial charge in [0, 0.05) is 25.2 Å². The van der Waals surface area contributed by atoms with Crippen LogP contribution in [0.5, 0.6) is 0 Å². The lowest BCUT2D eigenvalue weighted by Crippen LogP contribution is -2.55. The fourth-order valence-electron chi connectivity index (χ4n) is 5.21. The highest BCUT2D eigenvalue weighted by Gasteiger charge is 2.45. The van der Waals surface area contributed by atoms with Gasteiger partial charge in [0.2, 0.25) is 5.91 Å².